The number of fused-ring (bicyclic) bond motifs is 10. The zero-order valence-corrected chi connectivity index (χ0v) is 34.2. The average molecular weight is 813 g/mol. The van der Waals surface area contributed by atoms with E-state index in [1.807, 2.05) is 36.4 Å². The van der Waals surface area contributed by atoms with Gasteiger partial charge in [0.1, 0.15) is 22.8 Å². The van der Waals surface area contributed by atoms with E-state index in [4.69, 9.17) is 15.4 Å². The molecule has 2 heterocycles. The number of para-hydroxylation sites is 4. The molecule has 0 saturated carbocycles. The van der Waals surface area contributed by atoms with Gasteiger partial charge < -0.3 is 8.83 Å². The molecule has 13 rings (SSSR count). The van der Waals surface area contributed by atoms with Crippen molar-refractivity contribution in [3.05, 3.63) is 211 Å². The van der Waals surface area contributed by atoms with Gasteiger partial charge >= 0.3 is 0 Å². The Bertz CT molecular complexity index is 3950. The first-order valence-electron chi connectivity index (χ1n) is 21.3. The lowest BCUT2D eigenvalue weighted by Crippen LogP contribution is -1.94. The van der Waals surface area contributed by atoms with E-state index in [1.54, 1.807) is 0 Å². The molecule has 0 aliphatic rings. The molecule has 0 aliphatic carbocycles. The van der Waals surface area contributed by atoms with E-state index >= 15 is 0 Å². The minimum Gasteiger partial charge on any atom is -0.466 e. The summed E-state index contributed by atoms with van der Waals surface area (Å²) in [6, 6.07) is 70.6. The Hall–Kier alpha value is -8.96. The van der Waals surface area contributed by atoms with Crippen LogP contribution in [0.5, 0.6) is 0 Å². The topological polar surface area (TPSA) is 54.4 Å². The third kappa shape index (κ3) is 5.15. The molecule has 4 nitrogen and oxygen atoms in total. The summed E-state index contributed by atoms with van der Waals surface area (Å²) in [6.07, 6.45) is 0. The minimum absolute atomic E-state index is 0.505. The first-order chi connectivity index (χ1) is 31.7. The van der Waals surface area contributed by atoms with Crippen molar-refractivity contribution in [3.63, 3.8) is 0 Å². The second kappa shape index (κ2) is 13.8. The molecule has 0 N–H and O–H groups in total. The Morgan fingerprint density at radius 1 is 0.359 bits per heavy atom. The number of benzene rings is 11. The summed E-state index contributed by atoms with van der Waals surface area (Å²) in [5, 5.41) is 23.0. The standard InChI is InChI=1S/C60H32N2O2/c1-62-54-27-11-26-51-50-25-10-20-43(59(50)64-60(51)54)38-29-31-47-53(33-38)56(45-22-7-15-36-13-3-5-18-41(36)45)46-30-28-37(32-52(46)55(47)44-21-6-14-35-12-2-4-17-40(35)44)42-19-9-24-49-48-23-8-16-39(34-61)57(48)63-58(42)49/h2-33H. The average Bonchev–Trinajstić information content (AvgIpc) is 3.94. The predicted molar refractivity (Wildman–Crippen MR) is 264 cm³/mol. The van der Waals surface area contributed by atoms with E-state index in [0.717, 1.165) is 98.8 Å². The monoisotopic (exact) mass is 812 g/mol. The van der Waals surface area contributed by atoms with Crippen molar-refractivity contribution in [2.24, 2.45) is 0 Å². The van der Waals surface area contributed by atoms with Crippen molar-refractivity contribution in [2.45, 2.75) is 0 Å². The van der Waals surface area contributed by atoms with Crippen molar-refractivity contribution in [1.29, 1.82) is 5.26 Å². The maximum atomic E-state index is 10.0. The summed E-state index contributed by atoms with van der Waals surface area (Å²) in [4.78, 5) is 3.79. The van der Waals surface area contributed by atoms with Gasteiger partial charge in [0.15, 0.2) is 5.58 Å². The number of nitriles is 1. The van der Waals surface area contributed by atoms with Gasteiger partial charge in [-0.05, 0) is 94.7 Å². The highest BCUT2D eigenvalue weighted by Crippen LogP contribution is 2.50. The van der Waals surface area contributed by atoms with Gasteiger partial charge in [-0.3, -0.25) is 0 Å². The Kier molecular flexibility index (Phi) is 7.70. The SMILES string of the molecule is [C-]#[N+]c1cccc2c1oc1c(-c3ccc4c(-c5cccc6ccccc56)c5cc(-c6cccc7c6oc6c(C#N)cccc67)ccc5c(-c5cccc6ccccc56)c4c3)cccc12. The molecule has 0 aliphatic heterocycles. The summed E-state index contributed by atoms with van der Waals surface area (Å²) in [5.41, 5.74) is 12.3. The zero-order valence-electron chi connectivity index (χ0n) is 34.2. The fourth-order valence-electron chi connectivity index (χ4n) is 10.3. The minimum atomic E-state index is 0.505. The molecule has 0 saturated heterocycles. The smallest absolute Gasteiger partial charge is 0.229 e. The Balaban J connectivity index is 1.18. The molecule has 11 aromatic carbocycles. The van der Waals surface area contributed by atoms with Crippen LogP contribution in [0.15, 0.2) is 203 Å². The highest BCUT2D eigenvalue weighted by Gasteiger charge is 2.23. The first-order valence-corrected chi connectivity index (χ1v) is 21.3. The molecule has 0 amide bonds. The van der Waals surface area contributed by atoms with Gasteiger partial charge in [0.2, 0.25) is 5.69 Å². The van der Waals surface area contributed by atoms with Crippen molar-refractivity contribution in [3.8, 4) is 50.6 Å². The van der Waals surface area contributed by atoms with Crippen LogP contribution in [-0.4, -0.2) is 0 Å². The number of nitrogens with zero attached hydrogens (tertiary/aromatic N) is 2. The van der Waals surface area contributed by atoms with Crippen LogP contribution in [-0.2, 0) is 0 Å². The lowest BCUT2D eigenvalue weighted by Gasteiger charge is -2.21. The van der Waals surface area contributed by atoms with Crippen molar-refractivity contribution >= 4 is 92.7 Å². The summed E-state index contributed by atoms with van der Waals surface area (Å²) >= 11 is 0. The summed E-state index contributed by atoms with van der Waals surface area (Å²) < 4.78 is 13.3. The van der Waals surface area contributed by atoms with Crippen LogP contribution in [0.2, 0.25) is 0 Å². The number of furan rings is 2. The molecule has 13 aromatic rings. The van der Waals surface area contributed by atoms with Crippen LogP contribution in [0.3, 0.4) is 0 Å². The molecule has 0 bridgehead atoms. The molecule has 294 valence electrons. The van der Waals surface area contributed by atoms with Crippen molar-refractivity contribution in [2.75, 3.05) is 0 Å². The van der Waals surface area contributed by atoms with Crippen molar-refractivity contribution < 1.29 is 8.83 Å². The first kappa shape index (κ1) is 35.8. The summed E-state index contributed by atoms with van der Waals surface area (Å²) in [7, 11) is 0. The van der Waals surface area contributed by atoms with E-state index in [9.17, 15) is 5.26 Å². The van der Waals surface area contributed by atoms with Crippen LogP contribution in [0, 0.1) is 17.9 Å². The summed E-state index contributed by atoms with van der Waals surface area (Å²) in [5.74, 6) is 0. The van der Waals surface area contributed by atoms with Gasteiger partial charge in [-0.2, -0.15) is 5.26 Å². The van der Waals surface area contributed by atoms with Gasteiger partial charge in [-0.15, -0.1) is 0 Å². The van der Waals surface area contributed by atoms with Crippen LogP contribution in [0.1, 0.15) is 5.56 Å². The van der Waals surface area contributed by atoms with E-state index in [0.29, 0.717) is 22.4 Å². The van der Waals surface area contributed by atoms with E-state index in [1.165, 1.54) is 21.5 Å². The number of rotatable bonds is 4. The van der Waals surface area contributed by atoms with E-state index < -0.39 is 0 Å². The second-order valence-electron chi connectivity index (χ2n) is 16.5. The predicted octanol–water partition coefficient (Wildman–Crippen LogP) is 17.2. The van der Waals surface area contributed by atoms with Crippen molar-refractivity contribution in [1.82, 2.24) is 0 Å². The Labute approximate surface area is 366 Å². The van der Waals surface area contributed by atoms with Crippen LogP contribution >= 0.6 is 0 Å². The second-order valence-corrected chi connectivity index (χ2v) is 16.5. The molecule has 2 aromatic heterocycles. The largest absolute Gasteiger partial charge is 0.466 e. The van der Waals surface area contributed by atoms with Gasteiger partial charge in [0.25, 0.3) is 0 Å². The number of hydrogen-bond acceptors (Lipinski definition) is 3. The molecule has 0 fully saturated rings. The molecule has 0 unspecified atom stereocenters. The maximum Gasteiger partial charge on any atom is 0.229 e. The van der Waals surface area contributed by atoms with Crippen LogP contribution < -0.4 is 0 Å². The molecule has 4 heteroatoms. The van der Waals surface area contributed by atoms with Gasteiger partial charge in [-0.25, -0.2) is 4.85 Å². The normalized spacial score (nSPS) is 11.7. The Morgan fingerprint density at radius 3 is 1.33 bits per heavy atom. The third-order valence-electron chi connectivity index (χ3n) is 13.1. The van der Waals surface area contributed by atoms with Crippen LogP contribution in [0.4, 0.5) is 5.69 Å². The third-order valence-corrected chi connectivity index (χ3v) is 13.1. The van der Waals surface area contributed by atoms with E-state index in [-0.39, 0.29) is 0 Å². The number of hydrogen-bond donors (Lipinski definition) is 0. The lowest BCUT2D eigenvalue weighted by atomic mass is 9.82. The fraction of sp³-hybridized carbons (Fsp3) is 0. The highest BCUT2D eigenvalue weighted by molar-refractivity contribution is 6.27. The fourth-order valence-corrected chi connectivity index (χ4v) is 10.3. The highest BCUT2D eigenvalue weighted by atomic mass is 16.3. The zero-order chi connectivity index (χ0) is 42.5. The molecular formula is C60H32N2O2. The van der Waals surface area contributed by atoms with Crippen LogP contribution in [0.25, 0.3) is 136 Å². The van der Waals surface area contributed by atoms with Gasteiger partial charge in [0.05, 0.1) is 12.1 Å². The molecule has 0 spiro atoms. The molecule has 64 heavy (non-hydrogen) atoms. The molecular weight excluding hydrogens is 781 g/mol. The lowest BCUT2D eigenvalue weighted by molar-refractivity contribution is 0.668. The maximum absolute atomic E-state index is 10.0. The van der Waals surface area contributed by atoms with Gasteiger partial charge in [0, 0.05) is 32.7 Å². The Morgan fingerprint density at radius 2 is 0.781 bits per heavy atom. The quantitative estimate of drug-likeness (QED) is 0.131. The summed E-state index contributed by atoms with van der Waals surface area (Å²) in [6.45, 7) is 7.86. The molecule has 0 radical (unpaired) electrons. The molecule has 0 atom stereocenters. The van der Waals surface area contributed by atoms with E-state index in [2.05, 4.69) is 169 Å². The van der Waals surface area contributed by atoms with Gasteiger partial charge in [-0.1, -0.05) is 176 Å².